The standard InChI is InChI=1S/C28H22N6O3/c1-28(30)19-7-5-18(13-29)24(11-19)37-20-8-6-17-3-2-4-23(21(17)12-20)34-10-9-22(27(34)36)32-26(35)15-33-16-31-14-25(28)33/h2-8,11-12,14,16H,9-10,15,30H2,1H3. The largest absolute Gasteiger partial charge is 0.456 e. The average molecular weight is 491 g/mol. The Balaban J connectivity index is 1.58. The SMILES string of the molecule is CC1(N)c2ccc(C#N)c(c2)Oc2ccc3cccc(c3c2)N2CCC(=NC(=O)Cn3cncc31)C2=O. The zero-order chi connectivity index (χ0) is 25.7. The molecule has 2 aliphatic rings. The number of fused-ring (bicyclic) bond motifs is 7. The Kier molecular flexibility index (Phi) is 5.14. The lowest BCUT2D eigenvalue weighted by atomic mass is 9.89. The molecule has 1 saturated heterocycles. The second-order valence-electron chi connectivity index (χ2n) is 9.35. The molecule has 1 aromatic heterocycles. The molecule has 3 heterocycles. The average Bonchev–Trinajstić information content (AvgIpc) is 3.50. The summed E-state index contributed by atoms with van der Waals surface area (Å²) in [7, 11) is 0. The van der Waals surface area contributed by atoms with E-state index in [1.807, 2.05) is 36.4 Å². The Bertz CT molecular complexity index is 1680. The summed E-state index contributed by atoms with van der Waals surface area (Å²) in [6.07, 6.45) is 3.47. The Morgan fingerprint density at radius 1 is 1.14 bits per heavy atom. The van der Waals surface area contributed by atoms with Gasteiger partial charge in [-0.1, -0.05) is 24.3 Å². The van der Waals surface area contributed by atoms with Crippen molar-refractivity contribution in [2.75, 3.05) is 11.4 Å². The number of imidazole rings is 1. The van der Waals surface area contributed by atoms with Crippen LogP contribution in [0, 0.1) is 11.3 Å². The van der Waals surface area contributed by atoms with Crippen LogP contribution < -0.4 is 15.4 Å². The lowest BCUT2D eigenvalue weighted by Gasteiger charge is -2.27. The van der Waals surface area contributed by atoms with Crippen LogP contribution in [-0.4, -0.2) is 33.6 Å². The van der Waals surface area contributed by atoms with Gasteiger partial charge in [0.05, 0.1) is 35.0 Å². The van der Waals surface area contributed by atoms with Gasteiger partial charge in [-0.05, 0) is 48.2 Å². The van der Waals surface area contributed by atoms with Gasteiger partial charge in [0.2, 0.25) is 0 Å². The highest BCUT2D eigenvalue weighted by molar-refractivity contribution is 6.47. The summed E-state index contributed by atoms with van der Waals surface area (Å²) < 4.78 is 7.86. The molecule has 0 aliphatic carbocycles. The van der Waals surface area contributed by atoms with E-state index in [1.165, 1.54) is 6.33 Å². The van der Waals surface area contributed by atoms with Crippen molar-refractivity contribution in [3.8, 4) is 17.6 Å². The smallest absolute Gasteiger partial charge is 0.272 e. The van der Waals surface area contributed by atoms with Crippen LogP contribution >= 0.6 is 0 Å². The summed E-state index contributed by atoms with van der Waals surface area (Å²) in [6.45, 7) is 2.10. The summed E-state index contributed by atoms with van der Waals surface area (Å²) in [5.74, 6) is 0.0956. The Hall–Kier alpha value is -4.81. The minimum atomic E-state index is -1.07. The molecule has 0 spiro atoms. The van der Waals surface area contributed by atoms with Crippen LogP contribution in [0.15, 0.2) is 72.1 Å². The Labute approximate surface area is 212 Å². The lowest BCUT2D eigenvalue weighted by molar-refractivity contribution is -0.119. The monoisotopic (exact) mass is 490 g/mol. The molecule has 6 rings (SSSR count). The van der Waals surface area contributed by atoms with E-state index in [-0.39, 0.29) is 18.2 Å². The van der Waals surface area contributed by atoms with Crippen molar-refractivity contribution in [1.82, 2.24) is 9.55 Å². The van der Waals surface area contributed by atoms with Crippen molar-refractivity contribution < 1.29 is 14.3 Å². The number of nitriles is 1. The van der Waals surface area contributed by atoms with Gasteiger partial charge in [-0.15, -0.1) is 0 Å². The quantitative estimate of drug-likeness (QED) is 0.401. The summed E-state index contributed by atoms with van der Waals surface area (Å²) in [5, 5.41) is 11.5. The summed E-state index contributed by atoms with van der Waals surface area (Å²) in [4.78, 5) is 36.2. The summed E-state index contributed by atoms with van der Waals surface area (Å²) in [5.41, 5.74) is 8.25. The molecule has 1 fully saturated rings. The maximum absolute atomic E-state index is 13.3. The highest BCUT2D eigenvalue weighted by atomic mass is 16.5. The number of aliphatic imine (C=N–C) groups is 1. The number of rotatable bonds is 0. The molecule has 2 aliphatic heterocycles. The van der Waals surface area contributed by atoms with Crippen molar-refractivity contribution in [3.05, 3.63) is 83.9 Å². The number of hydrogen-bond donors (Lipinski definition) is 1. The van der Waals surface area contributed by atoms with E-state index < -0.39 is 11.4 Å². The fraction of sp³-hybridized carbons (Fsp3) is 0.179. The number of carbonyl (C=O) groups excluding carboxylic acids is 2. The van der Waals surface area contributed by atoms with Crippen molar-refractivity contribution >= 4 is 34.0 Å². The number of benzene rings is 3. The summed E-state index contributed by atoms with van der Waals surface area (Å²) >= 11 is 0. The van der Waals surface area contributed by atoms with Crippen LogP contribution in [0.3, 0.4) is 0 Å². The molecule has 0 radical (unpaired) electrons. The van der Waals surface area contributed by atoms with E-state index in [4.69, 9.17) is 10.5 Å². The normalized spacial score (nSPS) is 19.3. The van der Waals surface area contributed by atoms with Gasteiger partial charge in [-0.3, -0.25) is 9.59 Å². The van der Waals surface area contributed by atoms with E-state index in [2.05, 4.69) is 16.0 Å². The van der Waals surface area contributed by atoms with Gasteiger partial charge in [0.15, 0.2) is 0 Å². The van der Waals surface area contributed by atoms with Crippen LogP contribution in [-0.2, 0) is 21.7 Å². The third-order valence-electron chi connectivity index (χ3n) is 6.92. The topological polar surface area (TPSA) is 127 Å². The number of hydrogen-bond acceptors (Lipinski definition) is 6. The van der Waals surface area contributed by atoms with Gasteiger partial charge < -0.3 is 19.9 Å². The van der Waals surface area contributed by atoms with Crippen molar-refractivity contribution in [2.45, 2.75) is 25.4 Å². The van der Waals surface area contributed by atoms with Gasteiger partial charge in [0, 0.05) is 18.4 Å². The molecule has 1 atom stereocenters. The number of ether oxygens (including phenoxy) is 1. The molecule has 2 N–H and O–H groups in total. The number of carbonyl (C=O) groups is 2. The third kappa shape index (κ3) is 3.75. The molecule has 1 unspecified atom stereocenters. The minimum absolute atomic E-state index is 0.116. The van der Waals surface area contributed by atoms with Crippen molar-refractivity contribution in [1.29, 1.82) is 5.26 Å². The maximum atomic E-state index is 13.3. The fourth-order valence-electron chi connectivity index (χ4n) is 4.96. The van der Waals surface area contributed by atoms with E-state index in [0.29, 0.717) is 47.0 Å². The number of amides is 2. The van der Waals surface area contributed by atoms with Crippen LogP contribution in [0.5, 0.6) is 11.5 Å². The molecule has 37 heavy (non-hydrogen) atoms. The number of nitrogens with two attached hydrogens (primary N) is 1. The van der Waals surface area contributed by atoms with Gasteiger partial charge in [0.1, 0.15) is 29.8 Å². The number of aromatic nitrogens is 2. The van der Waals surface area contributed by atoms with Crippen LogP contribution in [0.2, 0.25) is 0 Å². The number of anilines is 1. The molecule has 6 bridgehead atoms. The van der Waals surface area contributed by atoms with Crippen molar-refractivity contribution in [2.24, 2.45) is 10.7 Å². The second-order valence-corrected chi connectivity index (χ2v) is 9.35. The maximum Gasteiger partial charge on any atom is 0.272 e. The predicted octanol–water partition coefficient (Wildman–Crippen LogP) is 3.64. The number of nitrogens with zero attached hydrogens (tertiary/aromatic N) is 5. The van der Waals surface area contributed by atoms with Gasteiger partial charge >= 0.3 is 0 Å². The first-order valence-corrected chi connectivity index (χ1v) is 11.8. The van der Waals surface area contributed by atoms with Crippen molar-refractivity contribution in [3.63, 3.8) is 0 Å². The van der Waals surface area contributed by atoms with E-state index in [1.54, 1.807) is 40.8 Å². The van der Waals surface area contributed by atoms with Gasteiger partial charge in [-0.25, -0.2) is 9.98 Å². The third-order valence-corrected chi connectivity index (χ3v) is 6.92. The van der Waals surface area contributed by atoms with E-state index >= 15 is 0 Å². The zero-order valence-corrected chi connectivity index (χ0v) is 20.0. The first-order chi connectivity index (χ1) is 17.8. The molecule has 182 valence electrons. The molecule has 9 nitrogen and oxygen atoms in total. The minimum Gasteiger partial charge on any atom is -0.456 e. The van der Waals surface area contributed by atoms with E-state index in [0.717, 1.165) is 10.8 Å². The highest BCUT2D eigenvalue weighted by Gasteiger charge is 2.32. The first-order valence-electron chi connectivity index (χ1n) is 11.8. The van der Waals surface area contributed by atoms with Crippen LogP contribution in [0.1, 0.15) is 30.2 Å². The second kappa shape index (κ2) is 8.40. The van der Waals surface area contributed by atoms with E-state index in [9.17, 15) is 14.9 Å². The summed E-state index contributed by atoms with van der Waals surface area (Å²) in [6, 6.07) is 18.6. The van der Waals surface area contributed by atoms with Crippen LogP contribution in [0.25, 0.3) is 10.8 Å². The first kappa shape index (κ1) is 22.6. The molecule has 2 amide bonds. The lowest BCUT2D eigenvalue weighted by Crippen LogP contribution is -2.37. The molecule has 4 aromatic rings. The Morgan fingerprint density at radius 3 is 2.84 bits per heavy atom. The van der Waals surface area contributed by atoms with Gasteiger partial charge in [-0.2, -0.15) is 5.26 Å². The molecule has 0 saturated carbocycles. The Morgan fingerprint density at radius 2 is 2.00 bits per heavy atom. The molecule has 9 heteroatoms. The molecule has 3 aromatic carbocycles. The molecular weight excluding hydrogens is 468 g/mol. The zero-order valence-electron chi connectivity index (χ0n) is 20.0. The fourth-order valence-corrected chi connectivity index (χ4v) is 4.96. The highest BCUT2D eigenvalue weighted by Crippen LogP contribution is 2.36. The van der Waals surface area contributed by atoms with Crippen LogP contribution in [0.4, 0.5) is 5.69 Å². The molecular formula is C28H22N6O3. The predicted molar refractivity (Wildman–Crippen MR) is 137 cm³/mol. The van der Waals surface area contributed by atoms with Gasteiger partial charge in [0.25, 0.3) is 11.8 Å².